The van der Waals surface area contributed by atoms with Gasteiger partial charge in [0.05, 0.1) is 21.3 Å². The van der Waals surface area contributed by atoms with Crippen LogP contribution >= 0.6 is 23.2 Å². The standard InChI is InChI=1S/C22H27Cl2N3O/c1-14-6-5-9-22(14)10-12-26(13-11-22)20-15(2)21(28)27(16(3)25-20)18-8-4-7-17(23)19(18)24/h4,7-8,14H,5-6,9-13H2,1-3H3/t14-/m0/s1. The Hall–Kier alpha value is -1.52. The number of anilines is 1. The van der Waals surface area contributed by atoms with Crippen LogP contribution in [0.15, 0.2) is 23.0 Å². The summed E-state index contributed by atoms with van der Waals surface area (Å²) < 4.78 is 1.57. The van der Waals surface area contributed by atoms with Crippen LogP contribution in [-0.2, 0) is 0 Å². The number of benzene rings is 1. The Balaban J connectivity index is 1.68. The Morgan fingerprint density at radius 1 is 1.14 bits per heavy atom. The first-order chi connectivity index (χ1) is 13.3. The summed E-state index contributed by atoms with van der Waals surface area (Å²) in [5.74, 6) is 2.25. The molecule has 2 aromatic rings. The monoisotopic (exact) mass is 419 g/mol. The van der Waals surface area contributed by atoms with Gasteiger partial charge in [0.2, 0.25) is 0 Å². The summed E-state index contributed by atoms with van der Waals surface area (Å²) in [6.07, 6.45) is 6.44. The van der Waals surface area contributed by atoms with Crippen molar-refractivity contribution in [2.24, 2.45) is 11.3 Å². The van der Waals surface area contributed by atoms with E-state index in [1.165, 1.54) is 32.1 Å². The summed E-state index contributed by atoms with van der Waals surface area (Å²) in [5, 5.41) is 0.803. The van der Waals surface area contributed by atoms with E-state index >= 15 is 0 Å². The minimum Gasteiger partial charge on any atom is -0.356 e. The van der Waals surface area contributed by atoms with Gasteiger partial charge in [-0.1, -0.05) is 49.0 Å². The predicted molar refractivity (Wildman–Crippen MR) is 116 cm³/mol. The number of piperidine rings is 1. The molecule has 1 saturated heterocycles. The van der Waals surface area contributed by atoms with Crippen LogP contribution in [0, 0.1) is 25.2 Å². The van der Waals surface area contributed by atoms with Crippen LogP contribution in [0.3, 0.4) is 0 Å². The molecule has 28 heavy (non-hydrogen) atoms. The lowest BCUT2D eigenvalue weighted by atomic mass is 9.71. The number of nitrogens with zero attached hydrogens (tertiary/aromatic N) is 3. The largest absolute Gasteiger partial charge is 0.356 e. The maximum absolute atomic E-state index is 13.2. The number of aromatic nitrogens is 2. The first-order valence-corrected chi connectivity index (χ1v) is 10.9. The Labute approximate surface area is 176 Å². The number of hydrogen-bond acceptors (Lipinski definition) is 3. The normalized spacial score (nSPS) is 21.5. The van der Waals surface area contributed by atoms with E-state index in [1.807, 2.05) is 13.8 Å². The van der Waals surface area contributed by atoms with Crippen LogP contribution in [0.25, 0.3) is 5.69 Å². The minimum absolute atomic E-state index is 0.0822. The van der Waals surface area contributed by atoms with Gasteiger partial charge >= 0.3 is 0 Å². The average molecular weight is 420 g/mol. The van der Waals surface area contributed by atoms with Gasteiger partial charge in [-0.3, -0.25) is 9.36 Å². The summed E-state index contributed by atoms with van der Waals surface area (Å²) in [6.45, 7) is 8.07. The molecule has 0 N–H and O–H groups in total. The Morgan fingerprint density at radius 2 is 1.86 bits per heavy atom. The smallest absolute Gasteiger partial charge is 0.263 e. The summed E-state index contributed by atoms with van der Waals surface area (Å²) in [7, 11) is 0. The van der Waals surface area contributed by atoms with E-state index in [2.05, 4.69) is 11.8 Å². The summed E-state index contributed by atoms with van der Waals surface area (Å²) in [5.41, 5.74) is 1.66. The number of halogens is 2. The first-order valence-electron chi connectivity index (χ1n) is 10.1. The van der Waals surface area contributed by atoms with Gasteiger partial charge < -0.3 is 4.90 Å². The highest BCUT2D eigenvalue weighted by atomic mass is 35.5. The van der Waals surface area contributed by atoms with Gasteiger partial charge in [-0.15, -0.1) is 0 Å². The third-order valence-corrected chi connectivity index (χ3v) is 7.85. The molecule has 150 valence electrons. The van der Waals surface area contributed by atoms with Crippen molar-refractivity contribution in [1.82, 2.24) is 9.55 Å². The van der Waals surface area contributed by atoms with Gasteiger partial charge in [-0.05, 0) is 56.6 Å². The molecule has 2 aliphatic rings. The lowest BCUT2D eigenvalue weighted by Crippen LogP contribution is -2.43. The molecular weight excluding hydrogens is 393 g/mol. The zero-order chi connectivity index (χ0) is 20.1. The van der Waals surface area contributed by atoms with E-state index in [-0.39, 0.29) is 5.56 Å². The van der Waals surface area contributed by atoms with Crippen LogP contribution < -0.4 is 10.5 Å². The lowest BCUT2D eigenvalue weighted by Gasteiger charge is -2.43. The van der Waals surface area contributed by atoms with Crippen molar-refractivity contribution < 1.29 is 0 Å². The van der Waals surface area contributed by atoms with Crippen molar-refractivity contribution in [2.75, 3.05) is 18.0 Å². The maximum Gasteiger partial charge on any atom is 0.263 e. The highest BCUT2D eigenvalue weighted by Crippen LogP contribution is 2.50. The average Bonchev–Trinajstić information content (AvgIpc) is 3.02. The van der Waals surface area contributed by atoms with Gasteiger partial charge in [0.15, 0.2) is 0 Å². The second kappa shape index (κ2) is 7.38. The summed E-state index contributed by atoms with van der Waals surface area (Å²) >= 11 is 12.5. The molecule has 4 rings (SSSR count). The Kier molecular flexibility index (Phi) is 5.22. The van der Waals surface area contributed by atoms with Crippen molar-refractivity contribution in [1.29, 1.82) is 0 Å². The first kappa shape index (κ1) is 19.8. The molecule has 1 saturated carbocycles. The highest BCUT2D eigenvalue weighted by molar-refractivity contribution is 6.43. The van der Waals surface area contributed by atoms with Gasteiger partial charge in [0.25, 0.3) is 5.56 Å². The molecule has 0 amide bonds. The van der Waals surface area contributed by atoms with Crippen LogP contribution in [0.4, 0.5) is 5.82 Å². The maximum atomic E-state index is 13.2. The van der Waals surface area contributed by atoms with Crippen LogP contribution in [-0.4, -0.2) is 22.6 Å². The van der Waals surface area contributed by atoms with Crippen molar-refractivity contribution in [3.8, 4) is 5.69 Å². The molecule has 1 atom stereocenters. The van der Waals surface area contributed by atoms with E-state index in [1.54, 1.807) is 22.8 Å². The quantitative estimate of drug-likeness (QED) is 0.638. The third kappa shape index (κ3) is 3.15. The minimum atomic E-state index is -0.0822. The van der Waals surface area contributed by atoms with E-state index < -0.39 is 0 Å². The van der Waals surface area contributed by atoms with Crippen LogP contribution in [0.1, 0.15) is 50.4 Å². The van der Waals surface area contributed by atoms with Crippen molar-refractivity contribution >= 4 is 29.0 Å². The predicted octanol–water partition coefficient (Wildman–Crippen LogP) is 5.56. The fraction of sp³-hybridized carbons (Fsp3) is 0.545. The fourth-order valence-electron chi connectivity index (χ4n) is 5.17. The van der Waals surface area contributed by atoms with Crippen LogP contribution in [0.2, 0.25) is 10.0 Å². The van der Waals surface area contributed by atoms with E-state index in [9.17, 15) is 4.79 Å². The second-order valence-electron chi connectivity index (χ2n) is 8.46. The van der Waals surface area contributed by atoms with Gasteiger partial charge in [0, 0.05) is 13.1 Å². The summed E-state index contributed by atoms with van der Waals surface area (Å²) in [4.78, 5) is 20.3. The molecule has 1 aliphatic carbocycles. The molecule has 0 radical (unpaired) electrons. The third-order valence-electron chi connectivity index (χ3n) is 7.04. The zero-order valence-corrected chi connectivity index (χ0v) is 18.3. The molecule has 0 bridgehead atoms. The van der Waals surface area contributed by atoms with Crippen LogP contribution in [0.5, 0.6) is 0 Å². The number of rotatable bonds is 2. The molecule has 1 aliphatic heterocycles. The lowest BCUT2D eigenvalue weighted by molar-refractivity contribution is 0.161. The van der Waals surface area contributed by atoms with Gasteiger partial charge in [-0.25, -0.2) is 4.98 Å². The topological polar surface area (TPSA) is 38.1 Å². The molecule has 2 fully saturated rings. The van der Waals surface area contributed by atoms with Gasteiger partial charge in [-0.2, -0.15) is 0 Å². The fourth-order valence-corrected chi connectivity index (χ4v) is 5.55. The van der Waals surface area contributed by atoms with Crippen molar-refractivity contribution in [3.63, 3.8) is 0 Å². The molecule has 0 unspecified atom stereocenters. The molecule has 4 nitrogen and oxygen atoms in total. The Morgan fingerprint density at radius 3 is 2.50 bits per heavy atom. The molecular formula is C22H27Cl2N3O. The second-order valence-corrected chi connectivity index (χ2v) is 9.25. The highest BCUT2D eigenvalue weighted by Gasteiger charge is 2.42. The number of hydrogen-bond donors (Lipinski definition) is 0. The molecule has 6 heteroatoms. The summed E-state index contributed by atoms with van der Waals surface area (Å²) in [6, 6.07) is 5.32. The molecule has 1 aromatic heterocycles. The van der Waals surface area contributed by atoms with E-state index in [4.69, 9.17) is 28.2 Å². The Bertz CT molecular complexity index is 961. The zero-order valence-electron chi connectivity index (χ0n) is 16.8. The molecule has 2 heterocycles. The van der Waals surface area contributed by atoms with Crippen molar-refractivity contribution in [3.05, 3.63) is 50.0 Å². The SMILES string of the molecule is Cc1c(N2CCC3(CCC[C@@H]3C)CC2)nc(C)n(-c2cccc(Cl)c2Cl)c1=O. The van der Waals surface area contributed by atoms with E-state index in [0.29, 0.717) is 32.5 Å². The van der Waals surface area contributed by atoms with E-state index in [0.717, 1.165) is 24.8 Å². The molecule has 1 aromatic carbocycles. The van der Waals surface area contributed by atoms with Crippen molar-refractivity contribution in [2.45, 2.75) is 52.9 Å². The number of aryl methyl sites for hydroxylation is 1. The van der Waals surface area contributed by atoms with Gasteiger partial charge in [0.1, 0.15) is 11.6 Å². The molecule has 1 spiro atoms.